The molecule has 0 saturated heterocycles. The average molecular weight is 290 g/mol. The summed E-state index contributed by atoms with van der Waals surface area (Å²) in [6.45, 7) is 6.34. The van der Waals surface area contributed by atoms with Gasteiger partial charge in [0.1, 0.15) is 22.0 Å². The molecule has 3 heterocycles. The van der Waals surface area contributed by atoms with Crippen molar-refractivity contribution in [1.82, 2.24) is 15.0 Å². The molecule has 1 unspecified atom stereocenters. The summed E-state index contributed by atoms with van der Waals surface area (Å²) < 4.78 is 0. The number of anilines is 1. The second-order valence-corrected chi connectivity index (χ2v) is 6.55. The number of nitrogens with zero attached hydrogens (tertiary/aromatic N) is 3. The van der Waals surface area contributed by atoms with E-state index in [0.29, 0.717) is 0 Å². The summed E-state index contributed by atoms with van der Waals surface area (Å²) in [6.07, 6.45) is 3.45. The van der Waals surface area contributed by atoms with Gasteiger partial charge in [-0.2, -0.15) is 0 Å². The first-order valence-corrected chi connectivity index (χ1v) is 7.73. The number of rotatable bonds is 3. The van der Waals surface area contributed by atoms with Crippen molar-refractivity contribution in [2.45, 2.75) is 26.8 Å². The van der Waals surface area contributed by atoms with E-state index in [1.807, 2.05) is 11.6 Å². The van der Waals surface area contributed by atoms with Crippen LogP contribution in [0.1, 0.15) is 28.4 Å². The molecule has 3 aromatic heterocycles. The van der Waals surface area contributed by atoms with E-state index < -0.39 is 0 Å². The second-order valence-electron chi connectivity index (χ2n) is 4.42. The quantitative estimate of drug-likeness (QED) is 0.794. The zero-order valence-electron chi connectivity index (χ0n) is 11.0. The van der Waals surface area contributed by atoms with Gasteiger partial charge < -0.3 is 5.32 Å². The normalized spacial score (nSPS) is 12.8. The van der Waals surface area contributed by atoms with Crippen LogP contribution in [0.3, 0.4) is 0 Å². The van der Waals surface area contributed by atoms with Crippen molar-refractivity contribution in [3.8, 4) is 0 Å². The lowest BCUT2D eigenvalue weighted by Gasteiger charge is -2.12. The fraction of sp³-hybridized carbons (Fsp3) is 0.308. The van der Waals surface area contributed by atoms with Gasteiger partial charge in [0, 0.05) is 16.5 Å². The Bertz CT molecular complexity index is 703. The summed E-state index contributed by atoms with van der Waals surface area (Å²) >= 11 is 3.36. The zero-order chi connectivity index (χ0) is 13.4. The first-order chi connectivity index (χ1) is 9.16. The van der Waals surface area contributed by atoms with Crippen LogP contribution in [0, 0.1) is 13.8 Å². The average Bonchev–Trinajstić information content (AvgIpc) is 3.00. The minimum Gasteiger partial charge on any atom is -0.360 e. The maximum Gasteiger partial charge on any atom is 0.139 e. The molecule has 0 fully saturated rings. The molecule has 3 aromatic rings. The van der Waals surface area contributed by atoms with E-state index in [-0.39, 0.29) is 6.04 Å². The van der Waals surface area contributed by atoms with Crippen LogP contribution >= 0.6 is 22.7 Å². The van der Waals surface area contributed by atoms with Crippen LogP contribution in [0.15, 0.2) is 17.9 Å². The van der Waals surface area contributed by atoms with Crippen molar-refractivity contribution in [3.05, 3.63) is 33.4 Å². The van der Waals surface area contributed by atoms with Gasteiger partial charge in [-0.3, -0.25) is 0 Å². The number of aromatic nitrogens is 3. The van der Waals surface area contributed by atoms with Gasteiger partial charge in [-0.1, -0.05) is 0 Å². The Morgan fingerprint density at radius 3 is 2.79 bits per heavy atom. The summed E-state index contributed by atoms with van der Waals surface area (Å²) in [7, 11) is 0. The Hall–Kier alpha value is -1.53. The first kappa shape index (κ1) is 12.5. The third-order valence-electron chi connectivity index (χ3n) is 3.14. The standard InChI is InChI=1S/C13H14N4S2/c1-7-9(3)19-13-10(7)11(15-6-16-13)17-8(2)12-14-4-5-18-12/h4-6,8H,1-3H3,(H,15,16,17). The van der Waals surface area contributed by atoms with E-state index in [4.69, 9.17) is 0 Å². The lowest BCUT2D eigenvalue weighted by molar-refractivity contribution is 0.862. The van der Waals surface area contributed by atoms with Crippen LogP contribution < -0.4 is 5.32 Å². The number of hydrogen-bond acceptors (Lipinski definition) is 6. The minimum atomic E-state index is 0.151. The summed E-state index contributed by atoms with van der Waals surface area (Å²) in [5.41, 5.74) is 1.26. The number of aryl methyl sites for hydroxylation is 2. The van der Waals surface area contributed by atoms with Gasteiger partial charge >= 0.3 is 0 Å². The van der Waals surface area contributed by atoms with Gasteiger partial charge in [0.05, 0.1) is 11.4 Å². The smallest absolute Gasteiger partial charge is 0.139 e. The van der Waals surface area contributed by atoms with E-state index in [1.165, 1.54) is 10.4 Å². The van der Waals surface area contributed by atoms with Crippen molar-refractivity contribution in [2.75, 3.05) is 5.32 Å². The number of thiazole rings is 1. The van der Waals surface area contributed by atoms with Gasteiger partial charge in [-0.05, 0) is 26.3 Å². The van der Waals surface area contributed by atoms with Gasteiger partial charge in [0.25, 0.3) is 0 Å². The summed E-state index contributed by atoms with van der Waals surface area (Å²) in [5.74, 6) is 0.898. The molecular formula is C13H14N4S2. The molecule has 1 N–H and O–H groups in total. The molecule has 1 atom stereocenters. The highest BCUT2D eigenvalue weighted by Gasteiger charge is 2.15. The van der Waals surface area contributed by atoms with Crippen LogP contribution in [0.2, 0.25) is 0 Å². The molecule has 3 rings (SSSR count). The molecule has 98 valence electrons. The van der Waals surface area contributed by atoms with Crippen molar-refractivity contribution >= 4 is 38.7 Å². The third-order valence-corrected chi connectivity index (χ3v) is 5.21. The third kappa shape index (κ3) is 2.21. The fourth-order valence-corrected chi connectivity index (χ4v) is 3.65. The predicted molar refractivity (Wildman–Crippen MR) is 81.0 cm³/mol. The number of hydrogen-bond donors (Lipinski definition) is 1. The highest BCUT2D eigenvalue weighted by Crippen LogP contribution is 2.33. The minimum absolute atomic E-state index is 0.151. The molecule has 0 amide bonds. The summed E-state index contributed by atoms with van der Waals surface area (Å²) in [4.78, 5) is 15.4. The topological polar surface area (TPSA) is 50.7 Å². The molecular weight excluding hydrogens is 276 g/mol. The Balaban J connectivity index is 2.01. The Morgan fingerprint density at radius 2 is 2.05 bits per heavy atom. The molecule has 0 bridgehead atoms. The van der Waals surface area contributed by atoms with Crippen molar-refractivity contribution < 1.29 is 0 Å². The van der Waals surface area contributed by atoms with Gasteiger partial charge in [-0.15, -0.1) is 22.7 Å². The van der Waals surface area contributed by atoms with Crippen LogP contribution in [0.5, 0.6) is 0 Å². The van der Waals surface area contributed by atoms with Crippen molar-refractivity contribution in [3.63, 3.8) is 0 Å². The lowest BCUT2D eigenvalue weighted by atomic mass is 10.2. The second kappa shape index (κ2) is 4.86. The van der Waals surface area contributed by atoms with Crippen molar-refractivity contribution in [1.29, 1.82) is 0 Å². The van der Waals surface area contributed by atoms with Crippen LogP contribution in [-0.2, 0) is 0 Å². The molecule has 0 radical (unpaired) electrons. The molecule has 0 aliphatic rings. The zero-order valence-corrected chi connectivity index (χ0v) is 12.6. The van der Waals surface area contributed by atoms with Gasteiger partial charge in [0.15, 0.2) is 0 Å². The monoisotopic (exact) mass is 290 g/mol. The SMILES string of the molecule is Cc1sc2ncnc(NC(C)c3nccs3)c2c1C. The molecule has 6 heteroatoms. The van der Waals surface area contributed by atoms with E-state index in [1.54, 1.807) is 29.0 Å². The van der Waals surface area contributed by atoms with Crippen LogP contribution in [0.4, 0.5) is 5.82 Å². The number of fused-ring (bicyclic) bond motifs is 1. The number of thiophene rings is 1. The summed E-state index contributed by atoms with van der Waals surface area (Å²) in [5, 5.41) is 7.63. The first-order valence-electron chi connectivity index (χ1n) is 6.03. The van der Waals surface area contributed by atoms with Crippen molar-refractivity contribution in [2.24, 2.45) is 0 Å². The molecule has 19 heavy (non-hydrogen) atoms. The Kier molecular flexibility index (Phi) is 3.20. The molecule has 4 nitrogen and oxygen atoms in total. The van der Waals surface area contributed by atoms with E-state index >= 15 is 0 Å². The predicted octanol–water partition coefficient (Wildman–Crippen LogP) is 3.94. The van der Waals surface area contributed by atoms with E-state index in [0.717, 1.165) is 21.0 Å². The largest absolute Gasteiger partial charge is 0.360 e. The maximum absolute atomic E-state index is 4.39. The van der Waals surface area contributed by atoms with Crippen LogP contribution in [0.25, 0.3) is 10.2 Å². The molecule has 0 aliphatic carbocycles. The van der Waals surface area contributed by atoms with E-state index in [2.05, 4.69) is 41.0 Å². The van der Waals surface area contributed by atoms with Gasteiger partial charge in [0.2, 0.25) is 0 Å². The van der Waals surface area contributed by atoms with Crippen LogP contribution in [-0.4, -0.2) is 15.0 Å². The Morgan fingerprint density at radius 1 is 1.21 bits per heavy atom. The molecule has 0 spiro atoms. The van der Waals surface area contributed by atoms with Gasteiger partial charge in [-0.25, -0.2) is 15.0 Å². The van der Waals surface area contributed by atoms with E-state index in [9.17, 15) is 0 Å². The fourth-order valence-electron chi connectivity index (χ4n) is 2.01. The highest BCUT2D eigenvalue weighted by atomic mass is 32.1. The highest BCUT2D eigenvalue weighted by molar-refractivity contribution is 7.18. The molecule has 0 saturated carbocycles. The number of nitrogens with one attached hydrogen (secondary N) is 1. The lowest BCUT2D eigenvalue weighted by Crippen LogP contribution is -2.08. The maximum atomic E-state index is 4.39. The molecule has 0 aliphatic heterocycles. The Labute approximate surface area is 119 Å². The summed E-state index contributed by atoms with van der Waals surface area (Å²) in [6, 6.07) is 0.151. The molecule has 0 aromatic carbocycles.